The van der Waals surface area contributed by atoms with Gasteiger partial charge in [0.1, 0.15) is 17.2 Å². The van der Waals surface area contributed by atoms with E-state index in [1.165, 1.54) is 0 Å². The van der Waals surface area contributed by atoms with Gasteiger partial charge in [-0.2, -0.15) is 0 Å². The fourth-order valence-electron chi connectivity index (χ4n) is 3.67. The van der Waals surface area contributed by atoms with E-state index in [1.807, 2.05) is 72.8 Å². The van der Waals surface area contributed by atoms with Crippen LogP contribution in [0, 0.1) is 0 Å². The van der Waals surface area contributed by atoms with E-state index in [-0.39, 0.29) is 12.0 Å². The summed E-state index contributed by atoms with van der Waals surface area (Å²) in [6.07, 6.45) is -0.278. The molecule has 1 N–H and O–H groups in total. The Kier molecular flexibility index (Phi) is 5.49. The van der Waals surface area contributed by atoms with Crippen molar-refractivity contribution in [3.8, 4) is 17.2 Å². The normalized spacial score (nSPS) is 13.6. The first-order valence-corrected chi connectivity index (χ1v) is 9.51. The van der Waals surface area contributed by atoms with Crippen molar-refractivity contribution >= 4 is 5.91 Å². The van der Waals surface area contributed by atoms with Crippen LogP contribution in [0.1, 0.15) is 28.7 Å². The average molecular weight is 389 g/mol. The zero-order chi connectivity index (χ0) is 20.2. The number of carbonyl (C=O) groups excluding carboxylic acids is 1. The predicted octanol–water partition coefficient (Wildman–Crippen LogP) is 4.44. The molecule has 1 unspecified atom stereocenters. The highest BCUT2D eigenvalue weighted by molar-refractivity contribution is 5.89. The van der Waals surface area contributed by atoms with Gasteiger partial charge in [-0.05, 0) is 29.8 Å². The van der Waals surface area contributed by atoms with Gasteiger partial charge in [0, 0.05) is 24.8 Å². The summed E-state index contributed by atoms with van der Waals surface area (Å²) in [6, 6.07) is 23.0. The zero-order valence-corrected chi connectivity index (χ0v) is 16.4. The molecule has 29 heavy (non-hydrogen) atoms. The van der Waals surface area contributed by atoms with Crippen LogP contribution in [0.4, 0.5) is 0 Å². The summed E-state index contributed by atoms with van der Waals surface area (Å²) >= 11 is 0. The van der Waals surface area contributed by atoms with Gasteiger partial charge in [0.05, 0.1) is 19.1 Å². The molecule has 5 nitrogen and oxygen atoms in total. The lowest BCUT2D eigenvalue weighted by molar-refractivity contribution is -0.122. The molecule has 0 aromatic heterocycles. The molecule has 0 spiro atoms. The van der Waals surface area contributed by atoms with E-state index < -0.39 is 5.92 Å². The Balaban J connectivity index is 1.57. The van der Waals surface area contributed by atoms with Crippen molar-refractivity contribution in [2.24, 2.45) is 0 Å². The topological polar surface area (TPSA) is 56.8 Å². The van der Waals surface area contributed by atoms with Gasteiger partial charge in [0.25, 0.3) is 0 Å². The van der Waals surface area contributed by atoms with E-state index in [0.717, 1.165) is 22.4 Å². The summed E-state index contributed by atoms with van der Waals surface area (Å²) in [7, 11) is 3.26. The number of rotatable bonds is 6. The lowest BCUT2D eigenvalue weighted by Gasteiger charge is -2.28. The molecule has 0 radical (unpaired) electrons. The summed E-state index contributed by atoms with van der Waals surface area (Å²) in [4.78, 5) is 13.3. The SMILES string of the molecule is COc1cccc(C(CNC(=O)C2c3ccccc3Oc3ccccc32)OC)c1. The molecule has 5 heteroatoms. The molecule has 1 aliphatic heterocycles. The van der Waals surface area contributed by atoms with Gasteiger partial charge >= 0.3 is 0 Å². The van der Waals surface area contributed by atoms with Crippen LogP contribution < -0.4 is 14.8 Å². The van der Waals surface area contributed by atoms with Crippen molar-refractivity contribution in [1.29, 1.82) is 0 Å². The number of hydrogen-bond donors (Lipinski definition) is 1. The third-order valence-corrected chi connectivity index (χ3v) is 5.15. The Labute approximate surface area is 170 Å². The zero-order valence-electron chi connectivity index (χ0n) is 16.4. The van der Waals surface area contributed by atoms with E-state index in [9.17, 15) is 4.79 Å². The van der Waals surface area contributed by atoms with Crippen molar-refractivity contribution in [2.45, 2.75) is 12.0 Å². The largest absolute Gasteiger partial charge is 0.497 e. The fourth-order valence-corrected chi connectivity index (χ4v) is 3.67. The fraction of sp³-hybridized carbons (Fsp3) is 0.208. The molecule has 1 amide bonds. The molecule has 148 valence electrons. The summed E-state index contributed by atoms with van der Waals surface area (Å²) in [5.74, 6) is 1.66. The predicted molar refractivity (Wildman–Crippen MR) is 111 cm³/mol. The number of ether oxygens (including phenoxy) is 3. The maximum Gasteiger partial charge on any atom is 0.232 e. The summed E-state index contributed by atoms with van der Waals surface area (Å²) in [5.41, 5.74) is 2.66. The number of para-hydroxylation sites is 2. The monoisotopic (exact) mass is 389 g/mol. The van der Waals surface area contributed by atoms with Crippen LogP contribution in [0.25, 0.3) is 0 Å². The van der Waals surface area contributed by atoms with Gasteiger partial charge in [-0.3, -0.25) is 4.79 Å². The third kappa shape index (κ3) is 3.82. The molecular weight excluding hydrogens is 366 g/mol. The third-order valence-electron chi connectivity index (χ3n) is 5.15. The smallest absolute Gasteiger partial charge is 0.232 e. The van der Waals surface area contributed by atoms with Crippen LogP contribution in [-0.2, 0) is 9.53 Å². The first-order chi connectivity index (χ1) is 14.2. The molecule has 4 rings (SSSR count). The van der Waals surface area contributed by atoms with E-state index in [2.05, 4.69) is 5.32 Å². The van der Waals surface area contributed by atoms with Crippen molar-refractivity contribution in [3.63, 3.8) is 0 Å². The quantitative estimate of drug-likeness (QED) is 0.677. The molecule has 1 atom stereocenters. The number of nitrogens with one attached hydrogen (secondary N) is 1. The Morgan fingerprint density at radius 1 is 0.966 bits per heavy atom. The lowest BCUT2D eigenvalue weighted by Crippen LogP contribution is -2.34. The second-order valence-electron chi connectivity index (χ2n) is 6.86. The van der Waals surface area contributed by atoms with Gasteiger partial charge in [-0.25, -0.2) is 0 Å². The van der Waals surface area contributed by atoms with E-state index in [0.29, 0.717) is 18.0 Å². The highest BCUT2D eigenvalue weighted by atomic mass is 16.5. The highest BCUT2D eigenvalue weighted by Gasteiger charge is 2.32. The van der Waals surface area contributed by atoms with Gasteiger partial charge in [-0.1, -0.05) is 48.5 Å². The summed E-state index contributed by atoms with van der Waals surface area (Å²) < 4.78 is 16.9. The van der Waals surface area contributed by atoms with Crippen LogP contribution in [0.2, 0.25) is 0 Å². The lowest BCUT2D eigenvalue weighted by atomic mass is 9.87. The van der Waals surface area contributed by atoms with Crippen LogP contribution in [0.3, 0.4) is 0 Å². The highest BCUT2D eigenvalue weighted by Crippen LogP contribution is 2.43. The maximum atomic E-state index is 13.3. The summed E-state index contributed by atoms with van der Waals surface area (Å²) in [6.45, 7) is 0.351. The number of hydrogen-bond acceptors (Lipinski definition) is 4. The second kappa shape index (κ2) is 8.37. The minimum Gasteiger partial charge on any atom is -0.497 e. The van der Waals surface area contributed by atoms with Crippen molar-refractivity contribution < 1.29 is 19.0 Å². The number of fused-ring (bicyclic) bond motifs is 2. The number of amides is 1. The second-order valence-corrected chi connectivity index (χ2v) is 6.86. The first-order valence-electron chi connectivity index (χ1n) is 9.51. The number of benzene rings is 3. The molecule has 0 saturated heterocycles. The van der Waals surface area contributed by atoms with Crippen LogP contribution in [0.15, 0.2) is 72.8 Å². The number of carbonyl (C=O) groups is 1. The summed E-state index contributed by atoms with van der Waals surface area (Å²) in [5, 5.41) is 3.06. The Morgan fingerprint density at radius 3 is 2.24 bits per heavy atom. The van der Waals surface area contributed by atoms with E-state index in [1.54, 1.807) is 14.2 Å². The van der Waals surface area contributed by atoms with Gasteiger partial charge in [-0.15, -0.1) is 0 Å². The Bertz CT molecular complexity index is 972. The van der Waals surface area contributed by atoms with Gasteiger partial charge in [0.2, 0.25) is 5.91 Å². The molecule has 0 fully saturated rings. The standard InChI is InChI=1S/C24H23NO4/c1-27-17-9-7-8-16(14-17)22(28-2)15-25-24(26)23-18-10-3-5-12-20(18)29-21-13-6-4-11-19(21)23/h3-14,22-23H,15H2,1-2H3,(H,25,26). The van der Waals surface area contributed by atoms with Crippen molar-refractivity contribution in [3.05, 3.63) is 89.5 Å². The van der Waals surface area contributed by atoms with Gasteiger partial charge in [0.15, 0.2) is 0 Å². The van der Waals surface area contributed by atoms with Crippen LogP contribution in [0.5, 0.6) is 17.2 Å². The van der Waals surface area contributed by atoms with Crippen molar-refractivity contribution in [1.82, 2.24) is 5.32 Å². The first kappa shape index (κ1) is 19.0. The van der Waals surface area contributed by atoms with Crippen molar-refractivity contribution in [2.75, 3.05) is 20.8 Å². The average Bonchev–Trinajstić information content (AvgIpc) is 2.77. The molecule has 3 aromatic carbocycles. The van der Waals surface area contributed by atoms with E-state index in [4.69, 9.17) is 14.2 Å². The Hall–Kier alpha value is -3.31. The molecule has 0 saturated carbocycles. The molecule has 1 heterocycles. The van der Waals surface area contributed by atoms with Crippen LogP contribution >= 0.6 is 0 Å². The molecule has 0 aliphatic carbocycles. The van der Waals surface area contributed by atoms with Crippen LogP contribution in [-0.4, -0.2) is 26.7 Å². The van der Waals surface area contributed by atoms with E-state index >= 15 is 0 Å². The molecule has 1 aliphatic rings. The van der Waals surface area contributed by atoms with Gasteiger partial charge < -0.3 is 19.5 Å². The molecule has 0 bridgehead atoms. The minimum atomic E-state index is -0.432. The molecular formula is C24H23NO4. The number of methoxy groups -OCH3 is 2. The Morgan fingerprint density at radius 2 is 1.62 bits per heavy atom. The maximum absolute atomic E-state index is 13.3. The minimum absolute atomic E-state index is 0.0850. The molecule has 3 aromatic rings.